The van der Waals surface area contributed by atoms with Gasteiger partial charge >= 0.3 is 0 Å². The van der Waals surface area contributed by atoms with Gasteiger partial charge in [0.15, 0.2) is 0 Å². The van der Waals surface area contributed by atoms with E-state index in [0.717, 1.165) is 13.0 Å². The lowest BCUT2D eigenvalue weighted by atomic mass is 10.0. The highest BCUT2D eigenvalue weighted by Gasteiger charge is 2.21. The van der Waals surface area contributed by atoms with E-state index in [2.05, 4.69) is 36.0 Å². The quantitative estimate of drug-likeness (QED) is 0.714. The van der Waals surface area contributed by atoms with Crippen LogP contribution in [0.4, 0.5) is 5.69 Å². The number of fused-ring (bicyclic) bond motifs is 1. The van der Waals surface area contributed by atoms with Crippen LogP contribution in [0.2, 0.25) is 0 Å². The fourth-order valence-electron chi connectivity index (χ4n) is 2.00. The Balaban J connectivity index is 2.44. The molecule has 0 bridgehead atoms. The first kappa shape index (κ1) is 8.60. The maximum absolute atomic E-state index is 4.38. The Morgan fingerprint density at radius 2 is 2.23 bits per heavy atom. The molecule has 0 spiro atoms. The highest BCUT2D eigenvalue weighted by Crippen LogP contribution is 2.31. The zero-order valence-corrected chi connectivity index (χ0v) is 8.59. The monoisotopic (exact) mass is 179 g/mol. The number of hydrogen-bond acceptors (Lipinski definition) is 2. The van der Waals surface area contributed by atoms with Gasteiger partial charge in [-0.05, 0) is 18.8 Å². The smallest absolute Gasteiger partial charge is 0.0883 e. The molecule has 0 aromatic carbocycles. The number of aromatic amines is 1. The van der Waals surface area contributed by atoms with E-state index in [1.54, 1.807) is 0 Å². The predicted octanol–water partition coefficient (Wildman–Crippen LogP) is 1.92. The number of H-pyrrole nitrogens is 1. The number of nitrogens with one attached hydrogen (secondary N) is 1. The van der Waals surface area contributed by atoms with E-state index in [-0.39, 0.29) is 0 Å². The van der Waals surface area contributed by atoms with Crippen molar-refractivity contribution in [3.63, 3.8) is 0 Å². The van der Waals surface area contributed by atoms with E-state index in [1.165, 1.54) is 23.5 Å². The van der Waals surface area contributed by atoms with Crippen molar-refractivity contribution in [3.8, 4) is 0 Å². The van der Waals surface area contributed by atoms with Crippen molar-refractivity contribution in [3.05, 3.63) is 11.4 Å². The number of aryl methyl sites for hydroxylation is 1. The molecule has 0 unspecified atom stereocenters. The summed E-state index contributed by atoms with van der Waals surface area (Å²) in [6, 6.07) is 0. The second kappa shape index (κ2) is 3.05. The van der Waals surface area contributed by atoms with E-state index in [9.17, 15) is 0 Å². The zero-order chi connectivity index (χ0) is 9.42. The number of nitrogens with zero attached hydrogens (tertiary/aromatic N) is 2. The molecule has 0 fully saturated rings. The lowest BCUT2D eigenvalue weighted by Gasteiger charge is -2.25. The Morgan fingerprint density at radius 3 is 2.92 bits per heavy atom. The van der Waals surface area contributed by atoms with Crippen LogP contribution in [0, 0.1) is 0 Å². The van der Waals surface area contributed by atoms with Crippen molar-refractivity contribution in [1.82, 2.24) is 10.2 Å². The molecule has 0 radical (unpaired) electrons. The molecule has 72 valence electrons. The van der Waals surface area contributed by atoms with Crippen LogP contribution in [-0.4, -0.2) is 23.8 Å². The maximum atomic E-state index is 4.38. The van der Waals surface area contributed by atoms with Gasteiger partial charge in [-0.2, -0.15) is 5.10 Å². The van der Waals surface area contributed by atoms with E-state index in [1.807, 2.05) is 0 Å². The topological polar surface area (TPSA) is 31.9 Å². The third kappa shape index (κ3) is 1.32. The SMILES string of the molecule is CC(C)c1n[nH]c2c1N(C)CCC2. The standard InChI is InChI=1S/C10H17N3/c1-7(2)9-10-8(11-12-9)5-4-6-13(10)3/h7H,4-6H2,1-3H3,(H,11,12). The number of hydrogen-bond donors (Lipinski definition) is 1. The van der Waals surface area contributed by atoms with Crippen LogP contribution in [-0.2, 0) is 6.42 Å². The normalized spacial score (nSPS) is 16.5. The minimum absolute atomic E-state index is 0.514. The summed E-state index contributed by atoms with van der Waals surface area (Å²) in [5.41, 5.74) is 3.89. The second-order valence-electron chi connectivity index (χ2n) is 4.12. The van der Waals surface area contributed by atoms with Crippen LogP contribution in [0.5, 0.6) is 0 Å². The molecule has 3 nitrogen and oxygen atoms in total. The van der Waals surface area contributed by atoms with Crippen molar-refractivity contribution in [1.29, 1.82) is 0 Å². The van der Waals surface area contributed by atoms with Gasteiger partial charge in [0, 0.05) is 13.6 Å². The Labute approximate surface area is 79.1 Å². The van der Waals surface area contributed by atoms with Crippen molar-refractivity contribution >= 4 is 5.69 Å². The molecular weight excluding hydrogens is 162 g/mol. The predicted molar refractivity (Wildman–Crippen MR) is 54.3 cm³/mol. The van der Waals surface area contributed by atoms with E-state index in [0.29, 0.717) is 5.92 Å². The summed E-state index contributed by atoms with van der Waals surface area (Å²) in [5, 5.41) is 7.53. The van der Waals surface area contributed by atoms with Crippen LogP contribution in [0.1, 0.15) is 37.6 Å². The summed E-state index contributed by atoms with van der Waals surface area (Å²) in [6.45, 7) is 5.55. The van der Waals surface area contributed by atoms with E-state index < -0.39 is 0 Å². The average molecular weight is 179 g/mol. The van der Waals surface area contributed by atoms with Gasteiger partial charge in [0.25, 0.3) is 0 Å². The molecule has 13 heavy (non-hydrogen) atoms. The van der Waals surface area contributed by atoms with Gasteiger partial charge < -0.3 is 4.90 Å². The molecular formula is C10H17N3. The van der Waals surface area contributed by atoms with Crippen LogP contribution in [0.25, 0.3) is 0 Å². The lowest BCUT2D eigenvalue weighted by molar-refractivity contribution is 0.726. The summed E-state index contributed by atoms with van der Waals surface area (Å²) < 4.78 is 0. The van der Waals surface area contributed by atoms with Gasteiger partial charge in [0.2, 0.25) is 0 Å². The zero-order valence-electron chi connectivity index (χ0n) is 8.59. The molecule has 0 aliphatic carbocycles. The second-order valence-corrected chi connectivity index (χ2v) is 4.12. The van der Waals surface area contributed by atoms with Crippen LogP contribution >= 0.6 is 0 Å². The summed E-state index contributed by atoms with van der Waals surface area (Å²) in [6.07, 6.45) is 2.39. The Hall–Kier alpha value is -0.990. The molecule has 0 atom stereocenters. The van der Waals surface area contributed by atoms with E-state index >= 15 is 0 Å². The fourth-order valence-corrected chi connectivity index (χ4v) is 2.00. The first-order valence-corrected chi connectivity index (χ1v) is 4.98. The Morgan fingerprint density at radius 1 is 1.46 bits per heavy atom. The Bertz CT molecular complexity index is 301. The summed E-state index contributed by atoms with van der Waals surface area (Å²) >= 11 is 0. The Kier molecular flexibility index (Phi) is 2.02. The maximum Gasteiger partial charge on any atom is 0.0883 e. The van der Waals surface area contributed by atoms with Gasteiger partial charge in [-0.3, -0.25) is 5.10 Å². The molecule has 2 rings (SSSR count). The third-order valence-corrected chi connectivity index (χ3v) is 2.69. The molecule has 1 aromatic rings. The number of aromatic nitrogens is 2. The van der Waals surface area contributed by atoms with E-state index in [4.69, 9.17) is 0 Å². The summed E-state index contributed by atoms with van der Waals surface area (Å²) in [7, 11) is 2.15. The van der Waals surface area contributed by atoms with Gasteiger partial charge in [0.1, 0.15) is 0 Å². The van der Waals surface area contributed by atoms with Gasteiger partial charge in [-0.25, -0.2) is 0 Å². The van der Waals surface area contributed by atoms with Crippen molar-refractivity contribution < 1.29 is 0 Å². The minimum atomic E-state index is 0.514. The molecule has 3 heteroatoms. The molecule has 1 N–H and O–H groups in total. The molecule has 2 heterocycles. The third-order valence-electron chi connectivity index (χ3n) is 2.69. The summed E-state index contributed by atoms with van der Waals surface area (Å²) in [4.78, 5) is 2.32. The van der Waals surface area contributed by atoms with Crippen molar-refractivity contribution in [2.24, 2.45) is 0 Å². The molecule has 1 aromatic heterocycles. The van der Waals surface area contributed by atoms with Crippen molar-refractivity contribution in [2.75, 3.05) is 18.5 Å². The number of anilines is 1. The molecule has 0 saturated heterocycles. The fraction of sp³-hybridized carbons (Fsp3) is 0.700. The molecule has 0 amide bonds. The van der Waals surface area contributed by atoms with Gasteiger partial charge in [-0.1, -0.05) is 13.8 Å². The van der Waals surface area contributed by atoms with Crippen LogP contribution in [0.3, 0.4) is 0 Å². The lowest BCUT2D eigenvalue weighted by Crippen LogP contribution is -2.25. The molecule has 1 aliphatic rings. The van der Waals surface area contributed by atoms with Gasteiger partial charge in [-0.15, -0.1) is 0 Å². The molecule has 0 saturated carbocycles. The highest BCUT2D eigenvalue weighted by molar-refractivity contribution is 5.57. The summed E-state index contributed by atoms with van der Waals surface area (Å²) in [5.74, 6) is 0.514. The van der Waals surface area contributed by atoms with Crippen LogP contribution < -0.4 is 4.90 Å². The number of rotatable bonds is 1. The largest absolute Gasteiger partial charge is 0.372 e. The van der Waals surface area contributed by atoms with Crippen molar-refractivity contribution in [2.45, 2.75) is 32.6 Å². The first-order valence-electron chi connectivity index (χ1n) is 4.98. The molecule has 1 aliphatic heterocycles. The van der Waals surface area contributed by atoms with Gasteiger partial charge in [0.05, 0.1) is 17.1 Å². The van der Waals surface area contributed by atoms with Crippen LogP contribution in [0.15, 0.2) is 0 Å². The highest BCUT2D eigenvalue weighted by atomic mass is 15.2. The minimum Gasteiger partial charge on any atom is -0.372 e. The average Bonchev–Trinajstić information content (AvgIpc) is 2.49. The first-order chi connectivity index (χ1) is 6.20.